The second kappa shape index (κ2) is 8.07. The van der Waals surface area contributed by atoms with Crippen molar-refractivity contribution in [2.75, 3.05) is 13.7 Å². The van der Waals surface area contributed by atoms with Crippen molar-refractivity contribution in [3.8, 4) is 5.75 Å². The lowest BCUT2D eigenvalue weighted by atomic mass is 10.2. The van der Waals surface area contributed by atoms with Gasteiger partial charge in [-0.3, -0.25) is 0 Å². The van der Waals surface area contributed by atoms with E-state index in [4.69, 9.17) is 19.4 Å². The number of carbonyl (C=O) groups is 1. The molecule has 0 radical (unpaired) electrons. The zero-order valence-corrected chi connectivity index (χ0v) is 17.1. The van der Waals surface area contributed by atoms with Crippen LogP contribution in [0.5, 0.6) is 5.75 Å². The number of nitrogens with zero attached hydrogens (tertiary/aromatic N) is 3. The number of aromatic nitrogens is 3. The third-order valence-electron chi connectivity index (χ3n) is 5.33. The van der Waals surface area contributed by atoms with Crippen molar-refractivity contribution in [3.05, 3.63) is 78.4 Å². The Morgan fingerprint density at radius 2 is 1.61 bits per heavy atom. The Labute approximate surface area is 179 Å². The van der Waals surface area contributed by atoms with Crippen LogP contribution in [0.3, 0.4) is 0 Å². The van der Waals surface area contributed by atoms with Gasteiger partial charge in [0.25, 0.3) is 0 Å². The number of aryl methyl sites for hydroxylation is 1. The summed E-state index contributed by atoms with van der Waals surface area (Å²) in [6.07, 6.45) is 0.807. The lowest BCUT2D eigenvalue weighted by Gasteiger charge is -2.09. The van der Waals surface area contributed by atoms with Crippen molar-refractivity contribution in [1.82, 2.24) is 14.5 Å². The van der Waals surface area contributed by atoms with E-state index in [1.165, 1.54) is 7.11 Å². The molecule has 5 rings (SSSR count). The number of ether oxygens (including phenoxy) is 2. The van der Waals surface area contributed by atoms with Crippen molar-refractivity contribution >= 4 is 39.1 Å². The number of esters is 1. The fraction of sp³-hybridized carbons (Fsp3) is 0.160. The average Bonchev–Trinajstić information content (AvgIpc) is 3.13. The fourth-order valence-corrected chi connectivity index (χ4v) is 3.83. The third kappa shape index (κ3) is 3.57. The molecule has 0 saturated carbocycles. The van der Waals surface area contributed by atoms with E-state index in [9.17, 15) is 4.79 Å². The Hall–Kier alpha value is -3.93. The SMILES string of the molecule is COC(=O)c1ccc(OCCCn2c3ccccc3c3nc4ccccc4nc32)cc1. The third-order valence-corrected chi connectivity index (χ3v) is 5.33. The monoisotopic (exact) mass is 411 g/mol. The molecule has 0 aliphatic rings. The van der Waals surface area contributed by atoms with Crippen LogP contribution in [0.1, 0.15) is 16.8 Å². The van der Waals surface area contributed by atoms with E-state index < -0.39 is 0 Å². The molecule has 2 aromatic heterocycles. The molecule has 0 amide bonds. The molecule has 0 spiro atoms. The number of para-hydroxylation sites is 3. The molecule has 154 valence electrons. The van der Waals surface area contributed by atoms with Gasteiger partial charge in [-0.05, 0) is 48.9 Å². The lowest BCUT2D eigenvalue weighted by Crippen LogP contribution is -2.06. The van der Waals surface area contributed by atoms with Crippen molar-refractivity contribution in [3.63, 3.8) is 0 Å². The number of carbonyl (C=O) groups excluding carboxylic acids is 1. The predicted molar refractivity (Wildman–Crippen MR) is 120 cm³/mol. The van der Waals surface area contributed by atoms with Gasteiger partial charge in [0.2, 0.25) is 0 Å². The highest BCUT2D eigenvalue weighted by atomic mass is 16.5. The van der Waals surface area contributed by atoms with E-state index in [1.54, 1.807) is 24.3 Å². The zero-order chi connectivity index (χ0) is 21.2. The molecule has 0 aliphatic heterocycles. The Morgan fingerprint density at radius 3 is 2.39 bits per heavy atom. The van der Waals surface area contributed by atoms with E-state index >= 15 is 0 Å². The van der Waals surface area contributed by atoms with Crippen LogP contribution >= 0.6 is 0 Å². The van der Waals surface area contributed by atoms with Gasteiger partial charge < -0.3 is 14.0 Å². The molecule has 0 N–H and O–H groups in total. The summed E-state index contributed by atoms with van der Waals surface area (Å²) in [5.74, 6) is 0.368. The maximum atomic E-state index is 11.5. The van der Waals surface area contributed by atoms with E-state index in [0.29, 0.717) is 12.2 Å². The highest BCUT2D eigenvalue weighted by molar-refractivity contribution is 6.06. The summed E-state index contributed by atoms with van der Waals surface area (Å²) < 4.78 is 12.8. The summed E-state index contributed by atoms with van der Waals surface area (Å²) in [5, 5.41) is 1.11. The zero-order valence-electron chi connectivity index (χ0n) is 17.1. The standard InChI is InChI=1S/C25H21N3O3/c1-30-25(29)17-11-13-18(14-12-17)31-16-6-15-28-22-10-5-2-7-19(22)23-24(28)27-21-9-4-3-8-20(21)26-23/h2-5,7-14H,6,15-16H2,1H3. The summed E-state index contributed by atoms with van der Waals surface area (Å²) in [4.78, 5) is 21.3. The van der Waals surface area contributed by atoms with Gasteiger partial charge in [-0.1, -0.05) is 30.3 Å². The maximum absolute atomic E-state index is 11.5. The van der Waals surface area contributed by atoms with Crippen LogP contribution < -0.4 is 4.74 Å². The normalized spacial score (nSPS) is 11.3. The first-order valence-electron chi connectivity index (χ1n) is 10.2. The molecule has 0 unspecified atom stereocenters. The van der Waals surface area contributed by atoms with Gasteiger partial charge in [0.1, 0.15) is 11.3 Å². The second-order valence-electron chi connectivity index (χ2n) is 7.27. The van der Waals surface area contributed by atoms with Crippen molar-refractivity contribution < 1.29 is 14.3 Å². The molecular formula is C25H21N3O3. The summed E-state index contributed by atoms with van der Waals surface area (Å²) in [6, 6.07) is 23.2. The summed E-state index contributed by atoms with van der Waals surface area (Å²) in [6.45, 7) is 1.31. The van der Waals surface area contributed by atoms with Gasteiger partial charge in [-0.25, -0.2) is 14.8 Å². The minimum absolute atomic E-state index is 0.355. The minimum Gasteiger partial charge on any atom is -0.494 e. The summed E-state index contributed by atoms with van der Waals surface area (Å²) in [7, 11) is 1.37. The van der Waals surface area contributed by atoms with E-state index in [-0.39, 0.29) is 5.97 Å². The molecule has 5 aromatic rings. The molecule has 31 heavy (non-hydrogen) atoms. The highest BCUT2D eigenvalue weighted by Crippen LogP contribution is 2.28. The molecule has 2 heterocycles. The summed E-state index contributed by atoms with van der Waals surface area (Å²) >= 11 is 0. The first-order chi connectivity index (χ1) is 15.2. The van der Waals surface area contributed by atoms with E-state index in [2.05, 4.69) is 16.7 Å². The Kier molecular flexibility index (Phi) is 4.96. The average molecular weight is 411 g/mol. The van der Waals surface area contributed by atoms with Gasteiger partial charge >= 0.3 is 5.97 Å². The van der Waals surface area contributed by atoms with Crippen LogP contribution in [0.15, 0.2) is 72.8 Å². The lowest BCUT2D eigenvalue weighted by molar-refractivity contribution is 0.0600. The molecule has 0 saturated heterocycles. The summed E-state index contributed by atoms with van der Waals surface area (Å²) in [5.41, 5.74) is 5.23. The molecule has 0 aliphatic carbocycles. The first-order valence-corrected chi connectivity index (χ1v) is 10.2. The van der Waals surface area contributed by atoms with Gasteiger partial charge in [-0.15, -0.1) is 0 Å². The molecule has 0 atom stereocenters. The molecule has 6 heteroatoms. The Balaban J connectivity index is 1.37. The number of hydrogen-bond acceptors (Lipinski definition) is 5. The Bertz CT molecular complexity index is 1390. The van der Waals surface area contributed by atoms with Gasteiger partial charge in [0, 0.05) is 11.9 Å². The van der Waals surface area contributed by atoms with Crippen LogP contribution in [-0.4, -0.2) is 34.2 Å². The van der Waals surface area contributed by atoms with Gasteiger partial charge in [0.15, 0.2) is 5.65 Å². The van der Waals surface area contributed by atoms with Gasteiger partial charge in [0.05, 0.1) is 35.8 Å². The second-order valence-corrected chi connectivity index (χ2v) is 7.27. The van der Waals surface area contributed by atoms with Crippen molar-refractivity contribution in [2.24, 2.45) is 0 Å². The van der Waals surface area contributed by atoms with Crippen molar-refractivity contribution in [1.29, 1.82) is 0 Å². The predicted octanol–water partition coefficient (Wildman–Crippen LogP) is 4.99. The van der Waals surface area contributed by atoms with Crippen LogP contribution in [0.25, 0.3) is 33.1 Å². The molecule has 6 nitrogen and oxygen atoms in total. The number of methoxy groups -OCH3 is 1. The molecule has 3 aromatic carbocycles. The minimum atomic E-state index is -0.355. The number of benzene rings is 3. The highest BCUT2D eigenvalue weighted by Gasteiger charge is 2.14. The van der Waals surface area contributed by atoms with E-state index in [0.717, 1.165) is 51.8 Å². The number of fused-ring (bicyclic) bond motifs is 4. The molecule has 0 fully saturated rings. The first kappa shape index (κ1) is 19.1. The largest absolute Gasteiger partial charge is 0.494 e. The number of rotatable bonds is 6. The van der Waals surface area contributed by atoms with Crippen LogP contribution in [0.4, 0.5) is 0 Å². The molecule has 0 bridgehead atoms. The Morgan fingerprint density at radius 1 is 0.903 bits per heavy atom. The van der Waals surface area contributed by atoms with Crippen molar-refractivity contribution in [2.45, 2.75) is 13.0 Å². The smallest absolute Gasteiger partial charge is 0.337 e. The van der Waals surface area contributed by atoms with Crippen LogP contribution in [0, 0.1) is 0 Å². The van der Waals surface area contributed by atoms with Crippen LogP contribution in [0.2, 0.25) is 0 Å². The van der Waals surface area contributed by atoms with E-state index in [1.807, 2.05) is 36.4 Å². The quantitative estimate of drug-likeness (QED) is 0.291. The van der Waals surface area contributed by atoms with Crippen LogP contribution in [-0.2, 0) is 11.3 Å². The fourth-order valence-electron chi connectivity index (χ4n) is 3.83. The maximum Gasteiger partial charge on any atom is 0.337 e. The topological polar surface area (TPSA) is 66.2 Å². The molecular weight excluding hydrogens is 390 g/mol. The van der Waals surface area contributed by atoms with Gasteiger partial charge in [-0.2, -0.15) is 0 Å². The number of hydrogen-bond donors (Lipinski definition) is 0.